The number of aryl methyl sites for hydroxylation is 1. The fourth-order valence-corrected chi connectivity index (χ4v) is 2.51. The van der Waals surface area contributed by atoms with Crippen LogP contribution in [0.1, 0.15) is 16.1 Å². The molecule has 0 saturated carbocycles. The maximum atomic E-state index is 11.5. The summed E-state index contributed by atoms with van der Waals surface area (Å²) >= 11 is 0. The number of anilines is 4. The SMILES string of the molecule is COC(=O)c1ccc(Nc2cc(C)nc(Nc3ccccc3OC)n2)cc1. The third-order valence-electron chi connectivity index (χ3n) is 3.79. The number of carbonyl (C=O) groups is 1. The van der Waals surface area contributed by atoms with Gasteiger partial charge >= 0.3 is 5.97 Å². The largest absolute Gasteiger partial charge is 0.495 e. The van der Waals surface area contributed by atoms with E-state index in [2.05, 4.69) is 20.6 Å². The topological polar surface area (TPSA) is 85.4 Å². The number of esters is 1. The molecule has 27 heavy (non-hydrogen) atoms. The van der Waals surface area contributed by atoms with Crippen molar-refractivity contribution in [3.63, 3.8) is 0 Å². The fourth-order valence-electron chi connectivity index (χ4n) is 2.51. The van der Waals surface area contributed by atoms with E-state index in [1.165, 1.54) is 7.11 Å². The van der Waals surface area contributed by atoms with Crippen LogP contribution in [0.15, 0.2) is 54.6 Å². The number of nitrogens with zero attached hydrogens (tertiary/aromatic N) is 2. The molecule has 138 valence electrons. The molecule has 0 saturated heterocycles. The monoisotopic (exact) mass is 364 g/mol. The first kappa shape index (κ1) is 18.2. The van der Waals surface area contributed by atoms with E-state index in [1.807, 2.05) is 37.3 Å². The molecule has 0 aliphatic rings. The smallest absolute Gasteiger partial charge is 0.337 e. The molecule has 1 aromatic heterocycles. The summed E-state index contributed by atoms with van der Waals surface area (Å²) in [5.41, 5.74) is 2.86. The molecule has 0 fully saturated rings. The van der Waals surface area contributed by atoms with Gasteiger partial charge in [-0.15, -0.1) is 0 Å². The van der Waals surface area contributed by atoms with Crippen molar-refractivity contribution in [1.82, 2.24) is 9.97 Å². The van der Waals surface area contributed by atoms with E-state index in [1.54, 1.807) is 31.4 Å². The molecular formula is C20H20N4O3. The van der Waals surface area contributed by atoms with Crippen molar-refractivity contribution in [3.05, 3.63) is 65.9 Å². The van der Waals surface area contributed by atoms with E-state index in [0.717, 1.165) is 17.1 Å². The second kappa shape index (κ2) is 8.18. The van der Waals surface area contributed by atoms with Crippen LogP contribution in [0.2, 0.25) is 0 Å². The molecule has 0 atom stereocenters. The molecule has 2 N–H and O–H groups in total. The predicted molar refractivity (Wildman–Crippen MR) is 104 cm³/mol. The lowest BCUT2D eigenvalue weighted by Crippen LogP contribution is -2.04. The summed E-state index contributed by atoms with van der Waals surface area (Å²) in [5.74, 6) is 1.41. The average Bonchev–Trinajstić information content (AvgIpc) is 2.68. The van der Waals surface area contributed by atoms with E-state index in [-0.39, 0.29) is 5.97 Å². The predicted octanol–water partition coefficient (Wildman–Crippen LogP) is 4.07. The Labute approximate surface area is 157 Å². The molecule has 7 heteroatoms. The number of hydrogen-bond acceptors (Lipinski definition) is 7. The van der Waals surface area contributed by atoms with E-state index in [0.29, 0.717) is 23.1 Å². The third-order valence-corrected chi connectivity index (χ3v) is 3.79. The Morgan fingerprint density at radius 1 is 0.963 bits per heavy atom. The summed E-state index contributed by atoms with van der Waals surface area (Å²) in [6.45, 7) is 1.89. The van der Waals surface area contributed by atoms with Crippen LogP contribution in [0.5, 0.6) is 5.75 Å². The Hall–Kier alpha value is -3.61. The highest BCUT2D eigenvalue weighted by Gasteiger charge is 2.08. The van der Waals surface area contributed by atoms with Crippen LogP contribution in [0.3, 0.4) is 0 Å². The lowest BCUT2D eigenvalue weighted by Gasteiger charge is -2.12. The van der Waals surface area contributed by atoms with Gasteiger partial charge in [0.15, 0.2) is 0 Å². The van der Waals surface area contributed by atoms with Gasteiger partial charge in [0.05, 0.1) is 25.5 Å². The minimum Gasteiger partial charge on any atom is -0.495 e. The molecule has 0 aliphatic carbocycles. The molecule has 0 radical (unpaired) electrons. The number of para-hydroxylation sites is 2. The van der Waals surface area contributed by atoms with Crippen LogP contribution in [-0.4, -0.2) is 30.2 Å². The molecular weight excluding hydrogens is 344 g/mol. The van der Waals surface area contributed by atoms with E-state index in [9.17, 15) is 4.79 Å². The van der Waals surface area contributed by atoms with Gasteiger partial charge in [-0.1, -0.05) is 12.1 Å². The second-order valence-corrected chi connectivity index (χ2v) is 5.74. The first-order chi connectivity index (χ1) is 13.1. The number of aromatic nitrogens is 2. The number of ether oxygens (including phenoxy) is 2. The highest BCUT2D eigenvalue weighted by Crippen LogP contribution is 2.26. The quantitative estimate of drug-likeness (QED) is 0.638. The van der Waals surface area contributed by atoms with Crippen molar-refractivity contribution in [1.29, 1.82) is 0 Å². The van der Waals surface area contributed by atoms with Crippen LogP contribution < -0.4 is 15.4 Å². The molecule has 0 aliphatic heterocycles. The van der Waals surface area contributed by atoms with Crippen molar-refractivity contribution in [2.24, 2.45) is 0 Å². The standard InChI is InChI=1S/C20H20N4O3/c1-13-12-18(22-15-10-8-14(9-11-15)19(25)27-3)24-20(21-13)23-16-6-4-5-7-17(16)26-2/h4-12H,1-3H3,(H2,21,22,23,24). The zero-order chi connectivity index (χ0) is 19.2. The summed E-state index contributed by atoms with van der Waals surface area (Å²) in [5, 5.41) is 6.38. The number of rotatable bonds is 6. The van der Waals surface area contributed by atoms with E-state index >= 15 is 0 Å². The first-order valence-electron chi connectivity index (χ1n) is 8.30. The highest BCUT2D eigenvalue weighted by atomic mass is 16.5. The Morgan fingerprint density at radius 2 is 1.70 bits per heavy atom. The first-order valence-corrected chi connectivity index (χ1v) is 8.30. The molecule has 3 rings (SSSR count). The minimum atomic E-state index is -0.372. The van der Waals surface area contributed by atoms with Crippen molar-refractivity contribution in [3.8, 4) is 5.75 Å². The summed E-state index contributed by atoms with van der Waals surface area (Å²) in [6, 6.07) is 16.3. The van der Waals surface area contributed by atoms with Crippen LogP contribution in [0.25, 0.3) is 0 Å². The lowest BCUT2D eigenvalue weighted by molar-refractivity contribution is 0.0601. The van der Waals surface area contributed by atoms with Crippen molar-refractivity contribution in [2.75, 3.05) is 24.9 Å². The normalized spacial score (nSPS) is 10.2. The lowest BCUT2D eigenvalue weighted by atomic mass is 10.2. The van der Waals surface area contributed by atoms with Gasteiger partial charge in [-0.05, 0) is 43.3 Å². The van der Waals surface area contributed by atoms with E-state index in [4.69, 9.17) is 9.47 Å². The minimum absolute atomic E-state index is 0.372. The fraction of sp³-hybridized carbons (Fsp3) is 0.150. The molecule has 0 spiro atoms. The molecule has 0 bridgehead atoms. The summed E-state index contributed by atoms with van der Waals surface area (Å²) in [7, 11) is 2.97. The Balaban J connectivity index is 1.80. The van der Waals surface area contributed by atoms with Crippen LogP contribution in [0, 0.1) is 6.92 Å². The number of benzene rings is 2. The zero-order valence-electron chi connectivity index (χ0n) is 15.3. The van der Waals surface area contributed by atoms with Gasteiger partial charge in [0.1, 0.15) is 11.6 Å². The number of nitrogens with one attached hydrogen (secondary N) is 2. The zero-order valence-corrected chi connectivity index (χ0v) is 15.3. The number of carbonyl (C=O) groups excluding carboxylic acids is 1. The van der Waals surface area contributed by atoms with Crippen LogP contribution in [-0.2, 0) is 4.74 Å². The number of hydrogen-bond donors (Lipinski definition) is 2. The Kier molecular flexibility index (Phi) is 5.51. The third kappa shape index (κ3) is 4.52. The summed E-state index contributed by atoms with van der Waals surface area (Å²) in [6.07, 6.45) is 0. The molecule has 0 amide bonds. The van der Waals surface area contributed by atoms with Gasteiger partial charge in [0, 0.05) is 17.4 Å². The molecule has 2 aromatic carbocycles. The van der Waals surface area contributed by atoms with Gasteiger partial charge in [-0.25, -0.2) is 9.78 Å². The molecule has 0 unspecified atom stereocenters. The average molecular weight is 364 g/mol. The van der Waals surface area contributed by atoms with Crippen molar-refractivity contribution in [2.45, 2.75) is 6.92 Å². The van der Waals surface area contributed by atoms with Gasteiger partial charge in [0.25, 0.3) is 0 Å². The van der Waals surface area contributed by atoms with Gasteiger partial charge in [-0.3, -0.25) is 0 Å². The maximum Gasteiger partial charge on any atom is 0.337 e. The molecule has 1 heterocycles. The van der Waals surface area contributed by atoms with Crippen molar-refractivity contribution >= 4 is 29.1 Å². The number of methoxy groups -OCH3 is 2. The Morgan fingerprint density at radius 3 is 2.41 bits per heavy atom. The summed E-state index contributed by atoms with van der Waals surface area (Å²) < 4.78 is 10.0. The summed E-state index contributed by atoms with van der Waals surface area (Å²) in [4.78, 5) is 20.4. The maximum absolute atomic E-state index is 11.5. The van der Waals surface area contributed by atoms with Gasteiger partial charge < -0.3 is 20.1 Å². The second-order valence-electron chi connectivity index (χ2n) is 5.74. The van der Waals surface area contributed by atoms with Gasteiger partial charge in [0.2, 0.25) is 5.95 Å². The highest BCUT2D eigenvalue weighted by molar-refractivity contribution is 5.89. The Bertz CT molecular complexity index is 942. The molecule has 7 nitrogen and oxygen atoms in total. The van der Waals surface area contributed by atoms with E-state index < -0.39 is 0 Å². The van der Waals surface area contributed by atoms with Crippen LogP contribution in [0.4, 0.5) is 23.1 Å². The van der Waals surface area contributed by atoms with Crippen molar-refractivity contribution < 1.29 is 14.3 Å². The van der Waals surface area contributed by atoms with Crippen LogP contribution >= 0.6 is 0 Å². The molecule has 3 aromatic rings. The van der Waals surface area contributed by atoms with Gasteiger partial charge in [-0.2, -0.15) is 4.98 Å².